The first-order chi connectivity index (χ1) is 9.69. The molecule has 0 saturated carbocycles. The molecule has 2 aromatic rings. The Hall–Kier alpha value is -1.95. The largest absolute Gasteiger partial charge is 0.493 e. The molecule has 5 nitrogen and oxygen atoms in total. The second-order valence-electron chi connectivity index (χ2n) is 4.38. The molecule has 1 aromatic heterocycles. The lowest BCUT2D eigenvalue weighted by molar-refractivity contribution is 0.421. The molecule has 0 unspecified atom stereocenters. The molecule has 1 aromatic carbocycles. The summed E-state index contributed by atoms with van der Waals surface area (Å²) in [5.74, 6) is 0.135. The van der Waals surface area contributed by atoms with E-state index in [1.807, 2.05) is 35.8 Å². The molecule has 0 bridgehead atoms. The molecule has 0 aliphatic rings. The van der Waals surface area contributed by atoms with Gasteiger partial charge in [-0.1, -0.05) is 25.1 Å². The van der Waals surface area contributed by atoms with Crippen LogP contribution in [0.5, 0.6) is 5.88 Å². The van der Waals surface area contributed by atoms with Gasteiger partial charge in [0.2, 0.25) is 11.0 Å². The Morgan fingerprint density at radius 1 is 1.35 bits per heavy atom. The number of hydrogen-bond acceptors (Lipinski definition) is 3. The number of rotatable bonds is 4. The van der Waals surface area contributed by atoms with Crippen LogP contribution >= 0.6 is 12.2 Å². The Labute approximate surface area is 123 Å². The van der Waals surface area contributed by atoms with Gasteiger partial charge in [-0.05, 0) is 31.6 Å². The van der Waals surface area contributed by atoms with Crippen molar-refractivity contribution in [1.29, 1.82) is 0 Å². The van der Waals surface area contributed by atoms with Crippen molar-refractivity contribution in [2.24, 2.45) is 10.2 Å². The van der Waals surface area contributed by atoms with Crippen molar-refractivity contribution in [3.05, 3.63) is 24.3 Å². The van der Waals surface area contributed by atoms with Crippen LogP contribution in [0.15, 0.2) is 34.5 Å². The Morgan fingerprint density at radius 2 is 2.10 bits per heavy atom. The average Bonchev–Trinajstić information content (AvgIpc) is 2.71. The monoisotopic (exact) mass is 290 g/mol. The summed E-state index contributed by atoms with van der Waals surface area (Å²) in [6.07, 6.45) is 0.929. The normalized spacial score (nSPS) is 11.3. The number of fused-ring (bicyclic) bond motifs is 1. The lowest BCUT2D eigenvalue weighted by atomic mass is 10.2. The van der Waals surface area contributed by atoms with Gasteiger partial charge < -0.3 is 15.0 Å². The molecule has 6 heteroatoms. The number of nitrogens with one attached hydrogen (secondary N) is 1. The van der Waals surface area contributed by atoms with E-state index in [1.54, 1.807) is 0 Å². The molecule has 2 rings (SSSR count). The number of aromatic nitrogens is 1. The second-order valence-corrected chi connectivity index (χ2v) is 4.76. The van der Waals surface area contributed by atoms with E-state index in [2.05, 4.69) is 22.5 Å². The van der Waals surface area contributed by atoms with Crippen LogP contribution in [0.25, 0.3) is 10.9 Å². The van der Waals surface area contributed by atoms with Crippen molar-refractivity contribution in [2.45, 2.75) is 26.8 Å². The first-order valence-corrected chi connectivity index (χ1v) is 7.09. The molecule has 0 aliphatic heterocycles. The summed E-state index contributed by atoms with van der Waals surface area (Å²) >= 11 is 5.02. The lowest BCUT2D eigenvalue weighted by Gasteiger charge is -2.03. The highest BCUT2D eigenvalue weighted by molar-refractivity contribution is 7.80. The zero-order valence-corrected chi connectivity index (χ0v) is 12.4. The van der Waals surface area contributed by atoms with Gasteiger partial charge >= 0.3 is 0 Å². The smallest absolute Gasteiger partial charge is 0.220 e. The van der Waals surface area contributed by atoms with E-state index in [9.17, 15) is 5.11 Å². The van der Waals surface area contributed by atoms with Gasteiger partial charge in [0.15, 0.2) is 5.69 Å². The van der Waals surface area contributed by atoms with Gasteiger partial charge in [0.25, 0.3) is 0 Å². The van der Waals surface area contributed by atoms with Crippen molar-refractivity contribution in [2.75, 3.05) is 6.54 Å². The van der Waals surface area contributed by atoms with Crippen molar-refractivity contribution in [3.63, 3.8) is 0 Å². The highest BCUT2D eigenvalue weighted by atomic mass is 32.1. The Morgan fingerprint density at radius 3 is 2.80 bits per heavy atom. The van der Waals surface area contributed by atoms with E-state index < -0.39 is 0 Å². The summed E-state index contributed by atoms with van der Waals surface area (Å²) in [5.41, 5.74) is 1.42. The Bertz CT molecular complexity index is 648. The average molecular weight is 290 g/mol. The van der Waals surface area contributed by atoms with Crippen molar-refractivity contribution in [3.8, 4) is 5.88 Å². The first kappa shape index (κ1) is 14.5. The van der Waals surface area contributed by atoms with Gasteiger partial charge in [-0.25, -0.2) is 0 Å². The van der Waals surface area contributed by atoms with Crippen LogP contribution in [0.3, 0.4) is 0 Å². The van der Waals surface area contributed by atoms with Gasteiger partial charge in [0, 0.05) is 18.5 Å². The first-order valence-electron chi connectivity index (χ1n) is 6.68. The standard InChI is InChI=1S/C14H18N4OS/c1-3-9-18-11-8-6-5-7-10(11)12(13(18)19)16-17-14(20)15-4-2/h5-8,19H,3-4,9H2,1-2H3,(H,15,20). The van der Waals surface area contributed by atoms with Gasteiger partial charge in [-0.3, -0.25) is 0 Å². The minimum absolute atomic E-state index is 0.135. The number of hydrogen-bond donors (Lipinski definition) is 2. The molecule has 2 N–H and O–H groups in total. The van der Waals surface area contributed by atoms with Gasteiger partial charge in [-0.2, -0.15) is 0 Å². The SMILES string of the molecule is CCCn1c(O)c(N=NC(=S)NCC)c2ccccc21. The molecule has 0 saturated heterocycles. The summed E-state index contributed by atoms with van der Waals surface area (Å²) in [6, 6.07) is 7.75. The lowest BCUT2D eigenvalue weighted by Crippen LogP contribution is -2.17. The number of aromatic hydroxyl groups is 1. The third-order valence-electron chi connectivity index (χ3n) is 2.93. The fraction of sp³-hybridized carbons (Fsp3) is 0.357. The maximum absolute atomic E-state index is 10.3. The van der Waals surface area contributed by atoms with Gasteiger partial charge in [0.05, 0.1) is 5.52 Å². The molecular formula is C14H18N4OS. The quantitative estimate of drug-likeness (QED) is 0.666. The zero-order chi connectivity index (χ0) is 14.5. The molecule has 0 atom stereocenters. The van der Waals surface area contributed by atoms with E-state index in [0.717, 1.165) is 23.9 Å². The van der Waals surface area contributed by atoms with Gasteiger partial charge in [0.1, 0.15) is 0 Å². The van der Waals surface area contributed by atoms with Crippen molar-refractivity contribution < 1.29 is 5.11 Å². The molecule has 20 heavy (non-hydrogen) atoms. The van der Waals surface area contributed by atoms with Crippen LogP contribution in [0.1, 0.15) is 20.3 Å². The van der Waals surface area contributed by atoms with E-state index in [0.29, 0.717) is 17.3 Å². The third kappa shape index (κ3) is 2.80. The molecule has 106 valence electrons. The molecule has 0 aliphatic carbocycles. The highest BCUT2D eigenvalue weighted by Gasteiger charge is 2.15. The van der Waals surface area contributed by atoms with Crippen molar-refractivity contribution in [1.82, 2.24) is 9.88 Å². The van der Waals surface area contributed by atoms with Crippen LogP contribution in [0.2, 0.25) is 0 Å². The summed E-state index contributed by atoms with van der Waals surface area (Å²) in [5, 5.41) is 22.5. The summed E-state index contributed by atoms with van der Waals surface area (Å²) in [7, 11) is 0. The number of para-hydroxylation sites is 1. The Kier molecular flexibility index (Phi) is 4.68. The summed E-state index contributed by atoms with van der Waals surface area (Å²) in [4.78, 5) is 0. The van der Waals surface area contributed by atoms with E-state index in [1.165, 1.54) is 0 Å². The minimum Gasteiger partial charge on any atom is -0.493 e. The zero-order valence-electron chi connectivity index (χ0n) is 11.6. The molecular weight excluding hydrogens is 272 g/mol. The van der Waals surface area contributed by atoms with Crippen LogP contribution in [-0.4, -0.2) is 21.3 Å². The maximum Gasteiger partial charge on any atom is 0.220 e. The third-order valence-corrected chi connectivity index (χ3v) is 3.16. The minimum atomic E-state index is 0.135. The van der Waals surface area contributed by atoms with Crippen molar-refractivity contribution >= 4 is 33.9 Å². The van der Waals surface area contributed by atoms with Crippen LogP contribution in [-0.2, 0) is 6.54 Å². The maximum atomic E-state index is 10.3. The predicted octanol–water partition coefficient (Wildman–Crippen LogP) is 3.74. The summed E-state index contributed by atoms with van der Waals surface area (Å²) in [6.45, 7) is 5.43. The Balaban J connectivity index is 2.47. The fourth-order valence-corrected chi connectivity index (χ4v) is 2.29. The highest BCUT2D eigenvalue weighted by Crippen LogP contribution is 2.38. The topological polar surface area (TPSA) is 61.9 Å². The van der Waals surface area contributed by atoms with E-state index >= 15 is 0 Å². The van der Waals surface area contributed by atoms with Crippen LogP contribution in [0.4, 0.5) is 5.69 Å². The van der Waals surface area contributed by atoms with Crippen LogP contribution < -0.4 is 5.32 Å². The molecule has 0 radical (unpaired) electrons. The fourth-order valence-electron chi connectivity index (χ4n) is 2.10. The number of benzene rings is 1. The van der Waals surface area contributed by atoms with E-state index in [-0.39, 0.29) is 5.88 Å². The second kappa shape index (κ2) is 6.47. The van der Waals surface area contributed by atoms with Gasteiger partial charge in [-0.15, -0.1) is 10.2 Å². The summed E-state index contributed by atoms with van der Waals surface area (Å²) < 4.78 is 1.85. The number of azo groups is 1. The molecule has 0 spiro atoms. The molecule has 1 heterocycles. The number of thiocarbonyl (C=S) groups is 1. The van der Waals surface area contributed by atoms with Crippen LogP contribution in [0, 0.1) is 0 Å². The molecule has 0 amide bonds. The van der Waals surface area contributed by atoms with E-state index in [4.69, 9.17) is 12.2 Å². The predicted molar refractivity (Wildman–Crippen MR) is 84.7 cm³/mol. The number of aryl methyl sites for hydroxylation is 1. The molecule has 0 fully saturated rings. The number of nitrogens with zero attached hydrogens (tertiary/aromatic N) is 3.